The summed E-state index contributed by atoms with van der Waals surface area (Å²) in [6.45, 7) is 0.680. The van der Waals surface area contributed by atoms with Crippen LogP contribution in [0, 0.1) is 11.9 Å². The summed E-state index contributed by atoms with van der Waals surface area (Å²) in [4.78, 5) is 19.6. The van der Waals surface area contributed by atoms with Crippen molar-refractivity contribution in [3.05, 3.63) is 42.3 Å². The van der Waals surface area contributed by atoms with Gasteiger partial charge < -0.3 is 20.1 Å². The number of phenols is 1. The predicted octanol–water partition coefficient (Wildman–Crippen LogP) is 2.60. The van der Waals surface area contributed by atoms with Gasteiger partial charge in [-0.05, 0) is 36.4 Å². The van der Waals surface area contributed by atoms with Gasteiger partial charge in [-0.25, -0.2) is 4.98 Å². The van der Waals surface area contributed by atoms with Gasteiger partial charge in [0.2, 0.25) is 5.95 Å². The van der Waals surface area contributed by atoms with Crippen molar-refractivity contribution in [1.82, 2.24) is 9.97 Å². The molecule has 0 bridgehead atoms. The third kappa shape index (κ3) is 2.34. The van der Waals surface area contributed by atoms with Gasteiger partial charge in [-0.1, -0.05) is 0 Å². The maximum Gasteiger partial charge on any atom is 0.310 e. The van der Waals surface area contributed by atoms with E-state index in [0.29, 0.717) is 30.2 Å². The minimum absolute atomic E-state index is 0.146. The van der Waals surface area contributed by atoms with Crippen LogP contribution in [0.5, 0.6) is 5.75 Å². The second-order valence-corrected chi connectivity index (χ2v) is 5.90. The van der Waals surface area contributed by atoms with Crippen LogP contribution >= 0.6 is 0 Å². The number of H-pyrrole nitrogens is 1. The first-order valence-corrected chi connectivity index (χ1v) is 7.47. The number of nitrogens with one attached hydrogen (secondary N) is 1. The highest BCUT2D eigenvalue weighted by Crippen LogP contribution is 2.30. The molecule has 1 aromatic carbocycles. The standard InChI is InChI=1S/C17H14FN3O3/c18-16-12(14-6-9-5-11(22)1-3-13(9)19-14)2-4-15(20-16)21-7-10(8-21)17(23)24/h1-6,10,19,22H,7-8H2,(H,23,24). The molecule has 122 valence electrons. The summed E-state index contributed by atoms with van der Waals surface area (Å²) < 4.78 is 14.4. The van der Waals surface area contributed by atoms with Crippen LogP contribution in [0.4, 0.5) is 10.2 Å². The molecular weight excluding hydrogens is 313 g/mol. The second-order valence-electron chi connectivity index (χ2n) is 5.90. The maximum absolute atomic E-state index is 14.4. The Bertz CT molecular complexity index is 947. The fourth-order valence-corrected chi connectivity index (χ4v) is 2.89. The molecule has 0 aliphatic carbocycles. The molecule has 0 atom stereocenters. The molecule has 1 aliphatic heterocycles. The van der Waals surface area contributed by atoms with E-state index in [4.69, 9.17) is 5.11 Å². The number of aliphatic carboxylic acids is 1. The number of benzene rings is 1. The topological polar surface area (TPSA) is 89.5 Å². The Labute approximate surface area is 136 Å². The predicted molar refractivity (Wildman–Crippen MR) is 86.5 cm³/mol. The van der Waals surface area contributed by atoms with Crippen LogP contribution in [0.25, 0.3) is 22.2 Å². The van der Waals surface area contributed by atoms with Crippen molar-refractivity contribution >= 4 is 22.7 Å². The minimum atomic E-state index is -0.843. The molecule has 7 heteroatoms. The molecule has 3 N–H and O–H groups in total. The van der Waals surface area contributed by atoms with E-state index in [1.807, 2.05) is 0 Å². The number of rotatable bonds is 3. The number of nitrogens with zero attached hydrogens (tertiary/aromatic N) is 2. The number of halogens is 1. The lowest BCUT2D eigenvalue weighted by Crippen LogP contribution is -2.50. The molecule has 0 radical (unpaired) electrons. The number of hydrogen-bond donors (Lipinski definition) is 3. The van der Waals surface area contributed by atoms with Crippen molar-refractivity contribution in [3.8, 4) is 17.0 Å². The van der Waals surface area contributed by atoms with Crippen molar-refractivity contribution in [2.75, 3.05) is 18.0 Å². The lowest BCUT2D eigenvalue weighted by atomic mass is 10.0. The molecule has 3 heterocycles. The van der Waals surface area contributed by atoms with E-state index in [9.17, 15) is 14.3 Å². The molecule has 2 aromatic heterocycles. The fraction of sp³-hybridized carbons (Fsp3) is 0.176. The molecule has 0 spiro atoms. The van der Waals surface area contributed by atoms with Gasteiger partial charge in [0.05, 0.1) is 17.2 Å². The third-order valence-electron chi connectivity index (χ3n) is 4.28. The summed E-state index contributed by atoms with van der Waals surface area (Å²) >= 11 is 0. The fourth-order valence-electron chi connectivity index (χ4n) is 2.89. The van der Waals surface area contributed by atoms with Crippen molar-refractivity contribution < 1.29 is 19.4 Å². The first kappa shape index (κ1) is 14.5. The van der Waals surface area contributed by atoms with Crippen LogP contribution < -0.4 is 4.90 Å². The smallest absolute Gasteiger partial charge is 0.310 e. The van der Waals surface area contributed by atoms with Crippen molar-refractivity contribution in [2.45, 2.75) is 0 Å². The van der Waals surface area contributed by atoms with Gasteiger partial charge >= 0.3 is 5.97 Å². The van der Waals surface area contributed by atoms with Gasteiger partial charge in [-0.3, -0.25) is 4.79 Å². The van der Waals surface area contributed by atoms with Gasteiger partial charge in [0.1, 0.15) is 11.6 Å². The SMILES string of the molecule is O=C(O)C1CN(c2ccc(-c3cc4cc(O)ccc4[nH]3)c(F)n2)C1. The van der Waals surface area contributed by atoms with E-state index < -0.39 is 17.8 Å². The summed E-state index contributed by atoms with van der Waals surface area (Å²) in [5.41, 5.74) is 1.68. The highest BCUT2D eigenvalue weighted by atomic mass is 19.1. The molecule has 1 saturated heterocycles. The third-order valence-corrected chi connectivity index (χ3v) is 4.28. The first-order valence-electron chi connectivity index (χ1n) is 7.47. The number of phenolic OH excluding ortho intramolecular Hbond substituents is 1. The van der Waals surface area contributed by atoms with E-state index in [2.05, 4.69) is 9.97 Å². The Morgan fingerprint density at radius 2 is 2.04 bits per heavy atom. The van der Waals surface area contributed by atoms with E-state index >= 15 is 0 Å². The van der Waals surface area contributed by atoms with E-state index in [1.165, 1.54) is 0 Å². The number of carboxylic acid groups (broad SMARTS) is 1. The quantitative estimate of drug-likeness (QED) is 0.643. The Hall–Kier alpha value is -3.09. The monoisotopic (exact) mass is 327 g/mol. The molecule has 0 saturated carbocycles. The van der Waals surface area contributed by atoms with Crippen LogP contribution in [-0.4, -0.2) is 39.2 Å². The molecule has 0 unspecified atom stereocenters. The van der Waals surface area contributed by atoms with Crippen molar-refractivity contribution in [3.63, 3.8) is 0 Å². The van der Waals surface area contributed by atoms with E-state index in [1.54, 1.807) is 41.3 Å². The summed E-state index contributed by atoms with van der Waals surface area (Å²) in [6.07, 6.45) is 0. The zero-order valence-corrected chi connectivity index (χ0v) is 12.5. The highest BCUT2D eigenvalue weighted by molar-refractivity contribution is 5.87. The normalized spacial score (nSPS) is 14.8. The van der Waals surface area contributed by atoms with Crippen LogP contribution in [0.1, 0.15) is 0 Å². The van der Waals surface area contributed by atoms with Gasteiger partial charge in [-0.15, -0.1) is 0 Å². The molecule has 1 fully saturated rings. The average Bonchev–Trinajstić information content (AvgIpc) is 2.88. The first-order chi connectivity index (χ1) is 11.5. The average molecular weight is 327 g/mol. The number of aromatic nitrogens is 2. The number of carboxylic acids is 1. The number of aromatic hydroxyl groups is 1. The van der Waals surface area contributed by atoms with Crippen LogP contribution in [0.3, 0.4) is 0 Å². The van der Waals surface area contributed by atoms with Crippen molar-refractivity contribution in [1.29, 1.82) is 0 Å². The lowest BCUT2D eigenvalue weighted by Gasteiger charge is -2.37. The molecule has 24 heavy (non-hydrogen) atoms. The zero-order valence-electron chi connectivity index (χ0n) is 12.5. The number of hydrogen-bond acceptors (Lipinski definition) is 4. The summed E-state index contributed by atoms with van der Waals surface area (Å²) in [7, 11) is 0. The molecule has 4 rings (SSSR count). The lowest BCUT2D eigenvalue weighted by molar-refractivity contribution is -0.142. The number of aromatic amines is 1. The molecule has 3 aromatic rings. The highest BCUT2D eigenvalue weighted by Gasteiger charge is 2.33. The molecule has 6 nitrogen and oxygen atoms in total. The van der Waals surface area contributed by atoms with E-state index in [-0.39, 0.29) is 5.75 Å². The van der Waals surface area contributed by atoms with Gasteiger partial charge in [0.15, 0.2) is 0 Å². The molecule has 0 amide bonds. The Kier molecular flexibility index (Phi) is 3.16. The largest absolute Gasteiger partial charge is 0.508 e. The molecule has 1 aliphatic rings. The summed E-state index contributed by atoms with van der Waals surface area (Å²) in [6, 6.07) is 9.93. The van der Waals surface area contributed by atoms with Gasteiger partial charge in [-0.2, -0.15) is 4.39 Å². The van der Waals surface area contributed by atoms with Crippen LogP contribution in [0.2, 0.25) is 0 Å². The number of pyridine rings is 1. The van der Waals surface area contributed by atoms with Gasteiger partial charge in [0.25, 0.3) is 0 Å². The van der Waals surface area contributed by atoms with Crippen LogP contribution in [0.15, 0.2) is 36.4 Å². The summed E-state index contributed by atoms with van der Waals surface area (Å²) in [5, 5.41) is 19.2. The molecular formula is C17H14FN3O3. The zero-order chi connectivity index (χ0) is 16.8. The van der Waals surface area contributed by atoms with Gasteiger partial charge in [0, 0.05) is 24.0 Å². The Balaban J connectivity index is 1.63. The minimum Gasteiger partial charge on any atom is -0.508 e. The number of anilines is 1. The van der Waals surface area contributed by atoms with E-state index in [0.717, 1.165) is 10.9 Å². The Morgan fingerprint density at radius 1 is 1.25 bits per heavy atom. The van der Waals surface area contributed by atoms with Crippen LogP contribution in [-0.2, 0) is 4.79 Å². The number of carbonyl (C=O) groups is 1. The Morgan fingerprint density at radius 3 is 2.75 bits per heavy atom. The van der Waals surface area contributed by atoms with Crippen molar-refractivity contribution in [2.24, 2.45) is 5.92 Å². The number of fused-ring (bicyclic) bond motifs is 1. The summed E-state index contributed by atoms with van der Waals surface area (Å²) in [5.74, 6) is -1.31. The maximum atomic E-state index is 14.4. The second kappa shape index (κ2) is 5.23.